The molecule has 0 spiro atoms. The summed E-state index contributed by atoms with van der Waals surface area (Å²) in [5.74, 6) is -0.0442. The van der Waals surface area contributed by atoms with Gasteiger partial charge in [0.2, 0.25) is 0 Å². The average Bonchev–Trinajstić information content (AvgIpc) is 3.23. The molecular weight excluding hydrogens is 450 g/mol. The van der Waals surface area contributed by atoms with E-state index in [1.54, 1.807) is 36.4 Å². The Labute approximate surface area is 205 Å². The summed E-state index contributed by atoms with van der Waals surface area (Å²) in [7, 11) is 0. The summed E-state index contributed by atoms with van der Waals surface area (Å²) >= 11 is 0. The zero-order chi connectivity index (χ0) is 25.3. The Morgan fingerprint density at radius 2 is 1.77 bits per heavy atom. The van der Waals surface area contributed by atoms with Crippen LogP contribution in [-0.4, -0.2) is 42.2 Å². The summed E-state index contributed by atoms with van der Waals surface area (Å²) in [6.45, 7) is 5.57. The van der Waals surface area contributed by atoms with Crippen molar-refractivity contribution in [2.45, 2.75) is 70.4 Å². The lowest BCUT2D eigenvalue weighted by molar-refractivity contribution is -0.123. The summed E-state index contributed by atoms with van der Waals surface area (Å²) < 4.78 is 16.2. The Morgan fingerprint density at radius 1 is 1.03 bits per heavy atom. The average molecular weight is 486 g/mol. The third kappa shape index (κ3) is 8.66. The summed E-state index contributed by atoms with van der Waals surface area (Å²) in [5, 5.41) is 8.66. The molecule has 3 rings (SSSR count). The largest absolute Gasteiger partial charge is 0.484 e. The van der Waals surface area contributed by atoms with Gasteiger partial charge in [0.05, 0.1) is 11.8 Å². The van der Waals surface area contributed by atoms with Gasteiger partial charge in [-0.15, -0.1) is 0 Å². The molecule has 0 saturated heterocycles. The first-order valence-electron chi connectivity index (χ1n) is 12.0. The molecule has 3 N–H and O–H groups in total. The fourth-order valence-corrected chi connectivity index (χ4v) is 4.00. The first-order valence-corrected chi connectivity index (χ1v) is 12.0. The molecule has 3 amide bonds. The molecule has 1 aliphatic carbocycles. The number of carbonyl (C=O) groups is 3. The van der Waals surface area contributed by atoms with Crippen molar-refractivity contribution in [3.8, 4) is 5.75 Å². The van der Waals surface area contributed by atoms with Gasteiger partial charge in [0.25, 0.3) is 11.8 Å². The van der Waals surface area contributed by atoms with Gasteiger partial charge in [-0.2, -0.15) is 0 Å². The van der Waals surface area contributed by atoms with Crippen molar-refractivity contribution >= 4 is 23.6 Å². The molecule has 1 saturated carbocycles. The van der Waals surface area contributed by atoms with Crippen LogP contribution in [0.4, 0.5) is 10.5 Å². The molecule has 1 aromatic heterocycles. The van der Waals surface area contributed by atoms with Gasteiger partial charge in [0.15, 0.2) is 12.4 Å². The van der Waals surface area contributed by atoms with Crippen LogP contribution in [0.2, 0.25) is 0 Å². The molecule has 0 bridgehead atoms. The maximum absolute atomic E-state index is 12.6. The highest BCUT2D eigenvalue weighted by Crippen LogP contribution is 2.27. The Kier molecular flexibility index (Phi) is 8.78. The van der Waals surface area contributed by atoms with Crippen LogP contribution in [0, 0.1) is 0 Å². The van der Waals surface area contributed by atoms with Crippen LogP contribution in [0.5, 0.6) is 5.75 Å². The van der Waals surface area contributed by atoms with Crippen LogP contribution in [0.25, 0.3) is 0 Å². The lowest BCUT2D eigenvalue weighted by Gasteiger charge is -2.35. The molecule has 1 aliphatic rings. The minimum absolute atomic E-state index is 0.196. The van der Waals surface area contributed by atoms with Gasteiger partial charge in [-0.25, -0.2) is 4.79 Å². The molecule has 190 valence electrons. The minimum atomic E-state index is -0.598. The highest BCUT2D eigenvalue weighted by molar-refractivity contribution is 6.02. The van der Waals surface area contributed by atoms with E-state index in [1.807, 2.05) is 20.8 Å². The second-order valence-corrected chi connectivity index (χ2v) is 9.85. The van der Waals surface area contributed by atoms with Gasteiger partial charge in [0, 0.05) is 18.3 Å². The zero-order valence-electron chi connectivity index (χ0n) is 20.6. The van der Waals surface area contributed by atoms with E-state index in [9.17, 15) is 14.4 Å². The lowest BCUT2D eigenvalue weighted by Crippen LogP contribution is -2.56. The number of ether oxygens (including phenoxy) is 2. The van der Waals surface area contributed by atoms with E-state index in [0.717, 1.165) is 38.5 Å². The molecule has 9 heteroatoms. The number of amides is 3. The van der Waals surface area contributed by atoms with Crippen molar-refractivity contribution in [2.24, 2.45) is 0 Å². The molecule has 0 aliphatic heterocycles. The summed E-state index contributed by atoms with van der Waals surface area (Å²) in [5.41, 5.74) is -0.632. The summed E-state index contributed by atoms with van der Waals surface area (Å²) in [6.07, 6.45) is 6.63. The number of anilines is 1. The molecule has 1 fully saturated rings. The molecular formula is C26H35N3O6. The van der Waals surface area contributed by atoms with Crippen LogP contribution >= 0.6 is 0 Å². The predicted octanol–water partition coefficient (Wildman–Crippen LogP) is 4.64. The lowest BCUT2D eigenvalue weighted by atomic mass is 9.90. The normalized spacial score (nSPS) is 15.4. The predicted molar refractivity (Wildman–Crippen MR) is 131 cm³/mol. The number of nitrogens with one attached hydrogen (secondary N) is 3. The maximum Gasteiger partial charge on any atom is 0.408 e. The highest BCUT2D eigenvalue weighted by atomic mass is 16.6. The quantitative estimate of drug-likeness (QED) is 0.469. The number of benzene rings is 1. The van der Waals surface area contributed by atoms with Gasteiger partial charge in [-0.05, 0) is 57.9 Å². The maximum atomic E-state index is 12.6. The monoisotopic (exact) mass is 485 g/mol. The van der Waals surface area contributed by atoms with Gasteiger partial charge in [-0.1, -0.05) is 31.7 Å². The summed E-state index contributed by atoms with van der Waals surface area (Å²) in [6, 6.07) is 9.97. The van der Waals surface area contributed by atoms with Crippen molar-refractivity contribution in [1.29, 1.82) is 0 Å². The van der Waals surface area contributed by atoms with E-state index < -0.39 is 17.2 Å². The van der Waals surface area contributed by atoms with E-state index in [-0.39, 0.29) is 24.2 Å². The van der Waals surface area contributed by atoms with E-state index in [0.29, 0.717) is 18.0 Å². The second-order valence-electron chi connectivity index (χ2n) is 9.85. The first-order chi connectivity index (χ1) is 16.6. The van der Waals surface area contributed by atoms with E-state index >= 15 is 0 Å². The van der Waals surface area contributed by atoms with E-state index in [1.165, 1.54) is 6.26 Å². The minimum Gasteiger partial charge on any atom is -0.484 e. The zero-order valence-corrected chi connectivity index (χ0v) is 20.6. The van der Waals surface area contributed by atoms with Crippen LogP contribution in [0.15, 0.2) is 47.1 Å². The molecule has 0 radical (unpaired) electrons. The third-order valence-electron chi connectivity index (χ3n) is 5.66. The number of hydrogen-bond donors (Lipinski definition) is 3. The molecule has 9 nitrogen and oxygen atoms in total. The molecule has 35 heavy (non-hydrogen) atoms. The Bertz CT molecular complexity index is 989. The number of alkyl carbamates (subject to hydrolysis) is 1. The molecule has 0 unspecified atom stereocenters. The fourth-order valence-electron chi connectivity index (χ4n) is 4.00. The Hall–Kier alpha value is -3.49. The van der Waals surface area contributed by atoms with Gasteiger partial charge in [-0.3, -0.25) is 9.59 Å². The smallest absolute Gasteiger partial charge is 0.408 e. The third-order valence-corrected chi connectivity index (χ3v) is 5.66. The number of carbonyl (C=O) groups excluding carboxylic acids is 3. The second kappa shape index (κ2) is 11.8. The van der Waals surface area contributed by atoms with Crippen molar-refractivity contribution < 1.29 is 28.3 Å². The molecule has 1 heterocycles. The SMILES string of the molecule is CC(C)(C)OC(=O)NC1(CNC(=O)COc2cccc(NC(=O)c3ccco3)c2)CCCCCC1. The van der Waals surface area contributed by atoms with Gasteiger partial charge < -0.3 is 29.8 Å². The highest BCUT2D eigenvalue weighted by Gasteiger charge is 2.34. The van der Waals surface area contributed by atoms with E-state index in [4.69, 9.17) is 13.9 Å². The van der Waals surface area contributed by atoms with E-state index in [2.05, 4.69) is 16.0 Å². The van der Waals surface area contributed by atoms with Crippen molar-refractivity contribution in [3.05, 3.63) is 48.4 Å². The van der Waals surface area contributed by atoms with Crippen LogP contribution < -0.4 is 20.7 Å². The van der Waals surface area contributed by atoms with Crippen molar-refractivity contribution in [3.63, 3.8) is 0 Å². The van der Waals surface area contributed by atoms with Crippen molar-refractivity contribution in [1.82, 2.24) is 10.6 Å². The van der Waals surface area contributed by atoms with Crippen LogP contribution in [-0.2, 0) is 9.53 Å². The number of rotatable bonds is 8. The van der Waals surface area contributed by atoms with Gasteiger partial charge >= 0.3 is 6.09 Å². The van der Waals surface area contributed by atoms with Crippen molar-refractivity contribution in [2.75, 3.05) is 18.5 Å². The topological polar surface area (TPSA) is 119 Å². The standard InChI is InChI=1S/C26H35N3O6/c1-25(2,3)35-24(32)29-26(13-6-4-5-7-14-26)18-27-22(30)17-34-20-11-8-10-19(16-20)28-23(31)21-12-9-15-33-21/h8-12,15-16H,4-7,13-14,17-18H2,1-3H3,(H,27,30)(H,28,31)(H,29,32). The van der Waals surface area contributed by atoms with Crippen LogP contribution in [0.1, 0.15) is 69.9 Å². The molecule has 0 atom stereocenters. The fraction of sp³-hybridized carbons (Fsp3) is 0.500. The van der Waals surface area contributed by atoms with Gasteiger partial charge in [0.1, 0.15) is 11.4 Å². The summed E-state index contributed by atoms with van der Waals surface area (Å²) in [4.78, 5) is 37.2. The Morgan fingerprint density at radius 3 is 2.43 bits per heavy atom. The molecule has 1 aromatic carbocycles. The Balaban J connectivity index is 1.53. The number of furan rings is 1. The van der Waals surface area contributed by atoms with Crippen LogP contribution in [0.3, 0.4) is 0 Å². The molecule has 2 aromatic rings. The number of hydrogen-bond acceptors (Lipinski definition) is 6. The first kappa shape index (κ1) is 26.1.